The molecule has 0 saturated heterocycles. The van der Waals surface area contributed by atoms with E-state index in [1.54, 1.807) is 26.0 Å². The van der Waals surface area contributed by atoms with Crippen LogP contribution >= 0.6 is 0 Å². The fraction of sp³-hybridized carbons (Fsp3) is 0.550. The van der Waals surface area contributed by atoms with Crippen LogP contribution < -0.4 is 16.0 Å². The Balaban J connectivity index is 2.68. The van der Waals surface area contributed by atoms with E-state index in [9.17, 15) is 9.59 Å². The van der Waals surface area contributed by atoms with Crippen molar-refractivity contribution in [3.8, 4) is 0 Å². The van der Waals surface area contributed by atoms with Crippen molar-refractivity contribution in [3.63, 3.8) is 0 Å². The zero-order valence-corrected chi connectivity index (χ0v) is 17.3. The first-order valence-electron chi connectivity index (χ1n) is 9.26. The Morgan fingerprint density at radius 2 is 1.89 bits per heavy atom. The highest BCUT2D eigenvalue weighted by molar-refractivity contribution is 5.94. The van der Waals surface area contributed by atoms with E-state index in [0.717, 1.165) is 18.5 Å². The third-order valence-corrected chi connectivity index (χ3v) is 4.10. The van der Waals surface area contributed by atoms with Crippen LogP contribution in [0, 0.1) is 5.41 Å². The molecule has 1 rings (SSSR count). The quantitative estimate of drug-likeness (QED) is 0.472. The number of rotatable bonds is 8. The lowest BCUT2D eigenvalue weighted by Gasteiger charge is -2.21. The van der Waals surface area contributed by atoms with Crippen molar-refractivity contribution in [2.45, 2.75) is 27.2 Å². The second kappa shape index (κ2) is 10.5. The van der Waals surface area contributed by atoms with E-state index >= 15 is 0 Å². The molecule has 1 aromatic carbocycles. The first kappa shape index (κ1) is 22.5. The molecule has 0 aliphatic rings. The predicted molar refractivity (Wildman–Crippen MR) is 110 cm³/mol. The summed E-state index contributed by atoms with van der Waals surface area (Å²) < 4.78 is 0. The summed E-state index contributed by atoms with van der Waals surface area (Å²) >= 11 is 0. The molecule has 0 bridgehead atoms. The Morgan fingerprint density at radius 1 is 1.19 bits per heavy atom. The Kier molecular flexibility index (Phi) is 8.78. The van der Waals surface area contributed by atoms with Crippen molar-refractivity contribution in [3.05, 3.63) is 35.4 Å². The maximum Gasteiger partial charge on any atom is 0.253 e. The molecule has 3 N–H and O–H groups in total. The van der Waals surface area contributed by atoms with Gasteiger partial charge in [-0.1, -0.05) is 12.1 Å². The Bertz CT molecular complexity index is 668. The number of carbonyl (C=O) groups is 2. The van der Waals surface area contributed by atoms with Crippen molar-refractivity contribution in [2.24, 2.45) is 10.4 Å². The van der Waals surface area contributed by atoms with Gasteiger partial charge < -0.3 is 20.9 Å². The summed E-state index contributed by atoms with van der Waals surface area (Å²) in [4.78, 5) is 30.1. The van der Waals surface area contributed by atoms with Gasteiger partial charge in [0.2, 0.25) is 5.91 Å². The number of hydrogen-bond acceptors (Lipinski definition) is 3. The molecule has 7 nitrogen and oxygen atoms in total. The van der Waals surface area contributed by atoms with E-state index < -0.39 is 5.41 Å². The number of hydrogen-bond donors (Lipinski definition) is 3. The van der Waals surface area contributed by atoms with Crippen LogP contribution in [0.2, 0.25) is 0 Å². The van der Waals surface area contributed by atoms with Gasteiger partial charge in [-0.25, -0.2) is 0 Å². The fourth-order valence-electron chi connectivity index (χ4n) is 2.47. The minimum Gasteiger partial charge on any atom is -0.359 e. The van der Waals surface area contributed by atoms with E-state index in [-0.39, 0.29) is 11.8 Å². The van der Waals surface area contributed by atoms with Gasteiger partial charge in [-0.05, 0) is 44.9 Å². The van der Waals surface area contributed by atoms with E-state index in [0.29, 0.717) is 24.6 Å². The number of aliphatic imine (C=N–C) groups is 1. The van der Waals surface area contributed by atoms with Crippen LogP contribution in [0.4, 0.5) is 0 Å². The van der Waals surface area contributed by atoms with Crippen LogP contribution in [0.5, 0.6) is 0 Å². The monoisotopic (exact) mass is 375 g/mol. The van der Waals surface area contributed by atoms with Crippen molar-refractivity contribution >= 4 is 17.8 Å². The van der Waals surface area contributed by atoms with Gasteiger partial charge in [-0.3, -0.25) is 14.6 Å². The van der Waals surface area contributed by atoms with Gasteiger partial charge in [-0.2, -0.15) is 0 Å². The lowest BCUT2D eigenvalue weighted by Crippen LogP contribution is -2.41. The molecule has 0 unspecified atom stereocenters. The zero-order valence-electron chi connectivity index (χ0n) is 17.3. The molecule has 7 heteroatoms. The van der Waals surface area contributed by atoms with Gasteiger partial charge in [0.25, 0.3) is 5.91 Å². The molecule has 0 aliphatic heterocycles. The number of benzene rings is 1. The maximum absolute atomic E-state index is 12.1. The molecular weight excluding hydrogens is 342 g/mol. The van der Waals surface area contributed by atoms with Crippen LogP contribution in [-0.4, -0.2) is 63.5 Å². The summed E-state index contributed by atoms with van der Waals surface area (Å²) in [5.74, 6) is 0.635. The first-order valence-corrected chi connectivity index (χ1v) is 9.26. The molecule has 150 valence electrons. The number of guanidine groups is 1. The van der Waals surface area contributed by atoms with Crippen LogP contribution in [0.3, 0.4) is 0 Å². The van der Waals surface area contributed by atoms with Gasteiger partial charge in [0.15, 0.2) is 5.96 Å². The molecule has 0 radical (unpaired) electrons. The molecule has 0 heterocycles. The minimum atomic E-state index is -0.571. The number of nitrogens with zero attached hydrogens (tertiary/aromatic N) is 2. The molecule has 0 aliphatic carbocycles. The van der Waals surface area contributed by atoms with Crippen molar-refractivity contribution < 1.29 is 9.59 Å². The van der Waals surface area contributed by atoms with Gasteiger partial charge >= 0.3 is 0 Å². The lowest BCUT2D eigenvalue weighted by atomic mass is 9.93. The summed E-state index contributed by atoms with van der Waals surface area (Å²) in [5, 5.41) is 9.14. The zero-order chi connectivity index (χ0) is 20.4. The normalized spacial score (nSPS) is 11.7. The average molecular weight is 376 g/mol. The van der Waals surface area contributed by atoms with Crippen molar-refractivity contribution in [1.82, 2.24) is 20.9 Å². The molecule has 27 heavy (non-hydrogen) atoms. The second-order valence-corrected chi connectivity index (χ2v) is 7.23. The topological polar surface area (TPSA) is 85.8 Å². The Morgan fingerprint density at radius 3 is 2.48 bits per heavy atom. The standard InChI is InChI=1S/C20H33N5O2/c1-7-22-19(24-14-20(2,3)18(27)21-4)23-12-11-15-9-8-10-16(13-15)17(26)25(5)6/h8-10,13H,7,11-12,14H2,1-6H3,(H,21,27)(H2,22,23,24). The third-order valence-electron chi connectivity index (χ3n) is 4.10. The molecular formula is C20H33N5O2. The van der Waals surface area contributed by atoms with Crippen molar-refractivity contribution in [2.75, 3.05) is 40.8 Å². The SMILES string of the molecule is CCNC(=NCC(C)(C)C(=O)NC)NCCc1cccc(C(=O)N(C)C)c1. The van der Waals surface area contributed by atoms with E-state index in [2.05, 4.69) is 20.9 Å². The van der Waals surface area contributed by atoms with E-state index in [1.807, 2.05) is 45.0 Å². The molecule has 0 spiro atoms. The predicted octanol–water partition coefficient (Wildman–Crippen LogP) is 1.26. The van der Waals surface area contributed by atoms with Gasteiger partial charge in [0.05, 0.1) is 12.0 Å². The maximum atomic E-state index is 12.1. The van der Waals surface area contributed by atoms with Gasteiger partial charge in [-0.15, -0.1) is 0 Å². The second-order valence-electron chi connectivity index (χ2n) is 7.23. The Labute approximate surface area is 162 Å². The average Bonchev–Trinajstić information content (AvgIpc) is 2.64. The van der Waals surface area contributed by atoms with Crippen LogP contribution in [0.1, 0.15) is 36.7 Å². The van der Waals surface area contributed by atoms with Crippen molar-refractivity contribution in [1.29, 1.82) is 0 Å². The van der Waals surface area contributed by atoms with E-state index in [4.69, 9.17) is 0 Å². The highest BCUT2D eigenvalue weighted by atomic mass is 16.2. The Hall–Kier alpha value is -2.57. The largest absolute Gasteiger partial charge is 0.359 e. The highest BCUT2D eigenvalue weighted by Crippen LogP contribution is 2.15. The minimum absolute atomic E-state index is 0.00357. The van der Waals surface area contributed by atoms with Crippen LogP contribution in [0.25, 0.3) is 0 Å². The van der Waals surface area contributed by atoms with Crippen LogP contribution in [0.15, 0.2) is 29.3 Å². The van der Waals surface area contributed by atoms with Gasteiger partial charge in [0.1, 0.15) is 0 Å². The summed E-state index contributed by atoms with van der Waals surface area (Å²) in [7, 11) is 5.12. The smallest absolute Gasteiger partial charge is 0.253 e. The van der Waals surface area contributed by atoms with Crippen LogP contribution in [-0.2, 0) is 11.2 Å². The molecule has 0 fully saturated rings. The molecule has 1 aromatic rings. The number of amides is 2. The summed E-state index contributed by atoms with van der Waals surface area (Å²) in [6.07, 6.45) is 0.762. The lowest BCUT2D eigenvalue weighted by molar-refractivity contribution is -0.128. The molecule has 2 amide bonds. The van der Waals surface area contributed by atoms with E-state index in [1.165, 1.54) is 0 Å². The number of nitrogens with one attached hydrogen (secondary N) is 3. The summed E-state index contributed by atoms with van der Waals surface area (Å²) in [6, 6.07) is 7.65. The molecule has 0 saturated carbocycles. The number of carbonyl (C=O) groups excluding carboxylic acids is 2. The summed E-state index contributed by atoms with van der Waals surface area (Å²) in [5.41, 5.74) is 1.19. The molecule has 0 atom stereocenters. The highest BCUT2D eigenvalue weighted by Gasteiger charge is 2.26. The molecule has 0 aromatic heterocycles. The fourth-order valence-corrected chi connectivity index (χ4v) is 2.47. The first-order chi connectivity index (χ1) is 12.7. The third kappa shape index (κ3) is 7.29. The van der Waals surface area contributed by atoms with Gasteiger partial charge in [0, 0.05) is 39.8 Å². The summed E-state index contributed by atoms with van der Waals surface area (Å²) in [6.45, 7) is 7.52.